The fourth-order valence-corrected chi connectivity index (χ4v) is 3.25. The highest BCUT2D eigenvalue weighted by Crippen LogP contribution is 2.30. The number of carbonyl (C=O) groups excluding carboxylic acids is 1. The summed E-state index contributed by atoms with van der Waals surface area (Å²) < 4.78 is 75.2. The van der Waals surface area contributed by atoms with Gasteiger partial charge in [-0.3, -0.25) is 4.79 Å². The van der Waals surface area contributed by atoms with Crippen LogP contribution < -0.4 is 15.2 Å². The lowest BCUT2D eigenvalue weighted by atomic mass is 10.1. The summed E-state index contributed by atoms with van der Waals surface area (Å²) in [4.78, 5) is 15.9. The number of anilines is 2. The molecule has 1 heterocycles. The SMILES string of the molecule is CCCNc1nc(C(F)(F)F)ccc1C=CC(=O)NC(C)c1cccc(N(F)S(C)(=O)=O)c1. The lowest BCUT2D eigenvalue weighted by Crippen LogP contribution is -2.25. The smallest absolute Gasteiger partial charge is 0.370 e. The number of hydrogen-bond donors (Lipinski definition) is 2. The van der Waals surface area contributed by atoms with Gasteiger partial charge in [-0.05, 0) is 49.2 Å². The molecule has 1 amide bonds. The summed E-state index contributed by atoms with van der Waals surface area (Å²) in [6, 6.07) is 7.00. The van der Waals surface area contributed by atoms with Crippen LogP contribution in [0.3, 0.4) is 0 Å². The molecule has 0 fully saturated rings. The van der Waals surface area contributed by atoms with Gasteiger partial charge in [-0.2, -0.15) is 13.2 Å². The second-order valence-electron chi connectivity index (χ2n) is 7.20. The largest absolute Gasteiger partial charge is 0.433 e. The van der Waals surface area contributed by atoms with E-state index in [-0.39, 0.29) is 16.0 Å². The van der Waals surface area contributed by atoms with E-state index in [1.54, 1.807) is 13.0 Å². The molecule has 1 unspecified atom stereocenters. The highest BCUT2D eigenvalue weighted by Gasteiger charge is 2.33. The number of pyridine rings is 1. The Kier molecular flexibility index (Phi) is 8.42. The Hall–Kier alpha value is -3.15. The number of rotatable bonds is 9. The van der Waals surface area contributed by atoms with Crippen molar-refractivity contribution in [2.24, 2.45) is 0 Å². The maximum Gasteiger partial charge on any atom is 0.433 e. The molecule has 2 rings (SSSR count). The van der Waals surface area contributed by atoms with Crippen LogP contribution in [0.5, 0.6) is 0 Å². The molecule has 2 N–H and O–H groups in total. The second-order valence-corrected chi connectivity index (χ2v) is 8.98. The van der Waals surface area contributed by atoms with Gasteiger partial charge in [0, 0.05) is 18.2 Å². The Labute approximate surface area is 189 Å². The first-order valence-corrected chi connectivity index (χ1v) is 11.7. The van der Waals surface area contributed by atoms with Crippen molar-refractivity contribution >= 4 is 33.5 Å². The molecular formula is C21H24F4N4O3S. The van der Waals surface area contributed by atoms with Gasteiger partial charge in [0.2, 0.25) is 5.91 Å². The molecule has 0 aliphatic heterocycles. The minimum absolute atomic E-state index is 0.000266. The number of benzene rings is 1. The van der Waals surface area contributed by atoms with E-state index in [1.807, 2.05) is 6.92 Å². The molecule has 0 aliphatic rings. The van der Waals surface area contributed by atoms with Crippen molar-refractivity contribution in [3.63, 3.8) is 0 Å². The molecule has 2 aromatic rings. The normalized spacial score (nSPS) is 13.1. The third-order valence-electron chi connectivity index (χ3n) is 4.40. The molecule has 0 saturated carbocycles. The van der Waals surface area contributed by atoms with Crippen molar-refractivity contribution in [2.45, 2.75) is 32.5 Å². The summed E-state index contributed by atoms with van der Waals surface area (Å²) >= 11 is 0. The van der Waals surface area contributed by atoms with Crippen LogP contribution >= 0.6 is 0 Å². The number of carbonyl (C=O) groups is 1. The van der Waals surface area contributed by atoms with Crippen LogP contribution in [-0.2, 0) is 21.0 Å². The molecule has 0 aliphatic carbocycles. The molecule has 33 heavy (non-hydrogen) atoms. The second kappa shape index (κ2) is 10.6. The summed E-state index contributed by atoms with van der Waals surface area (Å²) in [6.07, 6.45) is -0.752. The lowest BCUT2D eigenvalue weighted by molar-refractivity contribution is -0.141. The van der Waals surface area contributed by atoms with Gasteiger partial charge in [0.1, 0.15) is 11.5 Å². The average Bonchev–Trinajstić information content (AvgIpc) is 2.74. The monoisotopic (exact) mass is 488 g/mol. The van der Waals surface area contributed by atoms with E-state index in [2.05, 4.69) is 15.6 Å². The van der Waals surface area contributed by atoms with Gasteiger partial charge in [0.05, 0.1) is 18.0 Å². The standard InChI is InChI=1S/C21H24F4N4O3S/c1-4-12-26-20-15(8-10-18(28-20)21(22,23)24)9-11-19(30)27-14(2)16-6-5-7-17(13-16)29(25)33(3,31)32/h5-11,13-14H,4,12H2,1-3H3,(H,26,28)(H,27,30). The molecule has 0 saturated heterocycles. The van der Waals surface area contributed by atoms with Crippen molar-refractivity contribution in [2.75, 3.05) is 22.6 Å². The quantitative estimate of drug-likeness (QED) is 0.309. The predicted molar refractivity (Wildman–Crippen MR) is 118 cm³/mol. The van der Waals surface area contributed by atoms with E-state index in [1.165, 1.54) is 30.3 Å². The van der Waals surface area contributed by atoms with Crippen LogP contribution in [-0.4, -0.2) is 32.1 Å². The van der Waals surface area contributed by atoms with E-state index in [0.29, 0.717) is 24.1 Å². The number of halogens is 4. The Balaban J connectivity index is 2.16. The van der Waals surface area contributed by atoms with Gasteiger partial charge < -0.3 is 10.6 Å². The lowest BCUT2D eigenvalue weighted by Gasteiger charge is -2.16. The first-order valence-electron chi connectivity index (χ1n) is 9.89. The van der Waals surface area contributed by atoms with Crippen LogP contribution in [0.25, 0.3) is 6.08 Å². The Morgan fingerprint density at radius 1 is 1.24 bits per heavy atom. The molecule has 0 radical (unpaired) electrons. The van der Waals surface area contributed by atoms with E-state index in [4.69, 9.17) is 0 Å². The Morgan fingerprint density at radius 3 is 2.55 bits per heavy atom. The van der Waals surface area contributed by atoms with Crippen molar-refractivity contribution in [3.05, 3.63) is 59.3 Å². The molecule has 7 nitrogen and oxygen atoms in total. The van der Waals surface area contributed by atoms with Crippen LogP contribution in [0, 0.1) is 0 Å². The first-order chi connectivity index (χ1) is 15.3. The zero-order valence-electron chi connectivity index (χ0n) is 18.1. The average molecular weight is 489 g/mol. The van der Waals surface area contributed by atoms with Crippen molar-refractivity contribution < 1.29 is 30.9 Å². The van der Waals surface area contributed by atoms with Gasteiger partial charge in [0.25, 0.3) is 10.0 Å². The highest BCUT2D eigenvalue weighted by atomic mass is 32.2. The minimum Gasteiger partial charge on any atom is -0.370 e. The zero-order valence-corrected chi connectivity index (χ0v) is 19.0. The summed E-state index contributed by atoms with van der Waals surface area (Å²) in [7, 11) is -4.10. The number of amides is 1. The van der Waals surface area contributed by atoms with Gasteiger partial charge in [-0.15, -0.1) is 4.53 Å². The number of aromatic nitrogens is 1. The van der Waals surface area contributed by atoms with Gasteiger partial charge >= 0.3 is 6.18 Å². The third kappa shape index (κ3) is 7.45. The van der Waals surface area contributed by atoms with Crippen LogP contribution in [0.2, 0.25) is 0 Å². The van der Waals surface area contributed by atoms with Gasteiger partial charge in [-0.25, -0.2) is 13.4 Å². The van der Waals surface area contributed by atoms with E-state index in [0.717, 1.165) is 18.4 Å². The molecule has 1 atom stereocenters. The maximum absolute atomic E-state index is 13.9. The summed E-state index contributed by atoms with van der Waals surface area (Å²) in [5, 5.41) is 5.44. The topological polar surface area (TPSA) is 91.4 Å². The molecule has 0 bridgehead atoms. The van der Waals surface area contributed by atoms with E-state index >= 15 is 0 Å². The fourth-order valence-electron chi connectivity index (χ4n) is 2.75. The molecule has 1 aromatic carbocycles. The molecule has 12 heteroatoms. The van der Waals surface area contributed by atoms with Crippen LogP contribution in [0.15, 0.2) is 42.5 Å². The molecule has 1 aromatic heterocycles. The summed E-state index contributed by atoms with van der Waals surface area (Å²) in [5.74, 6) is -0.560. The van der Waals surface area contributed by atoms with Gasteiger partial charge in [-0.1, -0.05) is 23.5 Å². The molecular weight excluding hydrogens is 464 g/mol. The fraction of sp³-hybridized carbons (Fsp3) is 0.333. The van der Waals surface area contributed by atoms with Crippen LogP contribution in [0.1, 0.15) is 43.1 Å². The zero-order chi connectivity index (χ0) is 24.8. The predicted octanol–water partition coefficient (Wildman–Crippen LogP) is 4.46. The number of nitrogens with zero attached hydrogens (tertiary/aromatic N) is 2. The number of alkyl halides is 3. The van der Waals surface area contributed by atoms with Gasteiger partial charge in [0.15, 0.2) is 0 Å². The maximum atomic E-state index is 13.9. The Morgan fingerprint density at radius 2 is 1.94 bits per heavy atom. The van der Waals surface area contributed by atoms with E-state index < -0.39 is 33.8 Å². The molecule has 180 valence electrons. The number of sulfonamides is 1. The Bertz CT molecular complexity index is 1120. The number of nitrogens with one attached hydrogen (secondary N) is 2. The highest BCUT2D eigenvalue weighted by molar-refractivity contribution is 7.91. The third-order valence-corrected chi connectivity index (χ3v) is 5.19. The van der Waals surface area contributed by atoms with Crippen molar-refractivity contribution in [3.8, 4) is 0 Å². The minimum atomic E-state index is -4.60. The van der Waals surface area contributed by atoms with Crippen LogP contribution in [0.4, 0.5) is 29.2 Å². The summed E-state index contributed by atoms with van der Waals surface area (Å²) in [5.41, 5.74) is -0.522. The van der Waals surface area contributed by atoms with E-state index in [9.17, 15) is 30.9 Å². The summed E-state index contributed by atoms with van der Waals surface area (Å²) in [6.45, 7) is 3.85. The van der Waals surface area contributed by atoms with Crippen molar-refractivity contribution in [1.29, 1.82) is 0 Å². The molecule has 0 spiro atoms. The van der Waals surface area contributed by atoms with Crippen molar-refractivity contribution in [1.82, 2.24) is 10.3 Å². The number of hydrogen-bond acceptors (Lipinski definition) is 5. The first kappa shape index (κ1) is 26.1.